The highest BCUT2D eigenvalue weighted by Gasteiger charge is 2.33. The quantitative estimate of drug-likeness (QED) is 0.844. The standard InChI is InChI=1S/C13H20N2O3S/c1-10-7-12(14)3-4-13(10)19(16,17)15-6-5-11(8-15)9-18-2/h3-4,7,11H,5-6,8-9,14H2,1-2H3. The van der Waals surface area contributed by atoms with Crippen molar-refractivity contribution in [3.8, 4) is 0 Å². The molecule has 0 aromatic heterocycles. The lowest BCUT2D eigenvalue weighted by Crippen LogP contribution is -2.30. The van der Waals surface area contributed by atoms with Crippen molar-refractivity contribution < 1.29 is 13.2 Å². The largest absolute Gasteiger partial charge is 0.399 e. The van der Waals surface area contributed by atoms with Gasteiger partial charge in [-0.3, -0.25) is 0 Å². The molecule has 0 bridgehead atoms. The average molecular weight is 284 g/mol. The van der Waals surface area contributed by atoms with Crippen LogP contribution < -0.4 is 5.73 Å². The fourth-order valence-electron chi connectivity index (χ4n) is 2.49. The van der Waals surface area contributed by atoms with Crippen molar-refractivity contribution in [3.63, 3.8) is 0 Å². The second-order valence-corrected chi connectivity index (χ2v) is 6.90. The van der Waals surface area contributed by atoms with Gasteiger partial charge in [0.2, 0.25) is 10.0 Å². The number of nitrogen functional groups attached to an aromatic ring is 1. The smallest absolute Gasteiger partial charge is 0.243 e. The summed E-state index contributed by atoms with van der Waals surface area (Å²) in [5, 5.41) is 0. The Balaban J connectivity index is 2.23. The summed E-state index contributed by atoms with van der Waals surface area (Å²) >= 11 is 0. The van der Waals surface area contributed by atoms with Gasteiger partial charge in [0, 0.05) is 25.9 Å². The fraction of sp³-hybridized carbons (Fsp3) is 0.538. The van der Waals surface area contributed by atoms with Gasteiger partial charge in [-0.25, -0.2) is 8.42 Å². The number of methoxy groups -OCH3 is 1. The number of hydrogen-bond acceptors (Lipinski definition) is 4. The number of nitrogens with zero attached hydrogens (tertiary/aromatic N) is 1. The molecule has 1 saturated heterocycles. The number of hydrogen-bond donors (Lipinski definition) is 1. The van der Waals surface area contributed by atoms with Gasteiger partial charge >= 0.3 is 0 Å². The Bertz CT molecular complexity index is 557. The van der Waals surface area contributed by atoms with Gasteiger partial charge in [0.25, 0.3) is 0 Å². The Morgan fingerprint density at radius 3 is 2.84 bits per heavy atom. The predicted molar refractivity (Wildman–Crippen MR) is 74.3 cm³/mol. The number of nitrogens with two attached hydrogens (primary N) is 1. The third kappa shape index (κ3) is 2.91. The van der Waals surface area contributed by atoms with Gasteiger partial charge in [0.05, 0.1) is 11.5 Å². The Kier molecular flexibility index (Phi) is 4.13. The van der Waals surface area contributed by atoms with E-state index in [0.29, 0.717) is 35.8 Å². The first kappa shape index (κ1) is 14.3. The van der Waals surface area contributed by atoms with E-state index < -0.39 is 10.0 Å². The van der Waals surface area contributed by atoms with Crippen molar-refractivity contribution in [3.05, 3.63) is 23.8 Å². The monoisotopic (exact) mass is 284 g/mol. The SMILES string of the molecule is COCC1CCN(S(=O)(=O)c2ccc(N)cc2C)C1. The zero-order valence-corrected chi connectivity index (χ0v) is 12.1. The minimum absolute atomic E-state index is 0.286. The van der Waals surface area contributed by atoms with Crippen molar-refractivity contribution in [1.29, 1.82) is 0 Å². The highest BCUT2D eigenvalue weighted by Crippen LogP contribution is 2.27. The second kappa shape index (κ2) is 5.48. The van der Waals surface area contributed by atoms with Crippen LogP contribution in [0, 0.1) is 12.8 Å². The molecule has 1 heterocycles. The Morgan fingerprint density at radius 1 is 1.47 bits per heavy atom. The maximum absolute atomic E-state index is 12.6. The first-order valence-electron chi connectivity index (χ1n) is 6.30. The maximum Gasteiger partial charge on any atom is 0.243 e. The topological polar surface area (TPSA) is 72.6 Å². The summed E-state index contributed by atoms with van der Waals surface area (Å²) in [5.74, 6) is 0.286. The van der Waals surface area contributed by atoms with Crippen molar-refractivity contribution in [2.75, 3.05) is 32.5 Å². The molecular weight excluding hydrogens is 264 g/mol. The molecule has 19 heavy (non-hydrogen) atoms. The van der Waals surface area contributed by atoms with Crippen LogP contribution in [0.1, 0.15) is 12.0 Å². The van der Waals surface area contributed by atoms with Gasteiger partial charge in [-0.05, 0) is 43.0 Å². The van der Waals surface area contributed by atoms with Gasteiger partial charge < -0.3 is 10.5 Å². The van der Waals surface area contributed by atoms with Crippen molar-refractivity contribution in [2.24, 2.45) is 5.92 Å². The number of ether oxygens (including phenoxy) is 1. The van der Waals surface area contributed by atoms with E-state index in [-0.39, 0.29) is 5.92 Å². The first-order chi connectivity index (χ1) is 8.95. The zero-order chi connectivity index (χ0) is 14.0. The van der Waals surface area contributed by atoms with Crippen molar-refractivity contribution in [2.45, 2.75) is 18.2 Å². The number of benzene rings is 1. The van der Waals surface area contributed by atoms with Crippen LogP contribution in [0.3, 0.4) is 0 Å². The normalized spacial score (nSPS) is 20.8. The summed E-state index contributed by atoms with van der Waals surface area (Å²) in [4.78, 5) is 0.347. The molecule has 106 valence electrons. The van der Waals surface area contributed by atoms with E-state index >= 15 is 0 Å². The molecule has 2 rings (SSSR count). The van der Waals surface area contributed by atoms with E-state index in [0.717, 1.165) is 6.42 Å². The summed E-state index contributed by atoms with van der Waals surface area (Å²) in [6.07, 6.45) is 0.848. The summed E-state index contributed by atoms with van der Waals surface area (Å²) in [5.41, 5.74) is 6.93. The fourth-order valence-corrected chi connectivity index (χ4v) is 4.23. The summed E-state index contributed by atoms with van der Waals surface area (Å²) < 4.78 is 31.8. The minimum Gasteiger partial charge on any atom is -0.399 e. The van der Waals surface area contributed by atoms with Crippen LogP contribution in [0.2, 0.25) is 0 Å². The molecule has 1 aromatic carbocycles. The molecule has 1 unspecified atom stereocenters. The van der Waals surface area contributed by atoms with E-state index in [1.54, 1.807) is 32.2 Å². The lowest BCUT2D eigenvalue weighted by atomic mass is 10.1. The van der Waals surface area contributed by atoms with Crippen LogP contribution >= 0.6 is 0 Å². The number of sulfonamides is 1. The number of aryl methyl sites for hydroxylation is 1. The molecule has 1 aromatic rings. The molecule has 6 heteroatoms. The Labute approximate surface area is 114 Å². The molecule has 1 atom stereocenters. The van der Waals surface area contributed by atoms with Gasteiger partial charge in [0.15, 0.2) is 0 Å². The summed E-state index contributed by atoms with van der Waals surface area (Å²) in [6, 6.07) is 4.90. The summed E-state index contributed by atoms with van der Waals surface area (Å²) in [6.45, 7) is 3.46. The zero-order valence-electron chi connectivity index (χ0n) is 11.3. The molecule has 0 spiro atoms. The second-order valence-electron chi connectivity index (χ2n) is 5.00. The minimum atomic E-state index is -3.42. The van der Waals surface area contributed by atoms with Crippen molar-refractivity contribution >= 4 is 15.7 Å². The van der Waals surface area contributed by atoms with E-state index in [1.807, 2.05) is 0 Å². The molecule has 1 fully saturated rings. The van der Waals surface area contributed by atoms with Crippen LogP contribution in [0.4, 0.5) is 5.69 Å². The van der Waals surface area contributed by atoms with Gasteiger partial charge in [-0.1, -0.05) is 0 Å². The molecule has 0 aliphatic carbocycles. The van der Waals surface area contributed by atoms with Crippen LogP contribution in [0.25, 0.3) is 0 Å². The Hall–Kier alpha value is -1.11. The van der Waals surface area contributed by atoms with Crippen LogP contribution in [0.5, 0.6) is 0 Å². The molecule has 0 saturated carbocycles. The molecule has 0 amide bonds. The number of rotatable bonds is 4. The molecule has 1 aliphatic rings. The van der Waals surface area contributed by atoms with E-state index in [9.17, 15) is 8.42 Å². The molecule has 5 nitrogen and oxygen atoms in total. The third-order valence-corrected chi connectivity index (χ3v) is 5.49. The number of anilines is 1. The van der Waals surface area contributed by atoms with Crippen molar-refractivity contribution in [1.82, 2.24) is 4.31 Å². The molecular formula is C13H20N2O3S. The lowest BCUT2D eigenvalue weighted by molar-refractivity contribution is 0.157. The van der Waals surface area contributed by atoms with E-state index in [4.69, 9.17) is 10.5 Å². The average Bonchev–Trinajstić information content (AvgIpc) is 2.78. The first-order valence-corrected chi connectivity index (χ1v) is 7.74. The van der Waals surface area contributed by atoms with Crippen LogP contribution in [-0.4, -0.2) is 39.5 Å². The van der Waals surface area contributed by atoms with Gasteiger partial charge in [-0.15, -0.1) is 0 Å². The van der Waals surface area contributed by atoms with E-state index in [2.05, 4.69) is 0 Å². The molecule has 2 N–H and O–H groups in total. The predicted octanol–water partition coefficient (Wildman–Crippen LogP) is 1.23. The Morgan fingerprint density at radius 2 is 2.21 bits per heavy atom. The lowest BCUT2D eigenvalue weighted by Gasteiger charge is -2.18. The van der Waals surface area contributed by atoms with Crippen LogP contribution in [0.15, 0.2) is 23.1 Å². The molecule has 0 radical (unpaired) electrons. The summed E-state index contributed by atoms with van der Waals surface area (Å²) in [7, 11) is -1.77. The van der Waals surface area contributed by atoms with Gasteiger partial charge in [-0.2, -0.15) is 4.31 Å². The maximum atomic E-state index is 12.6. The van der Waals surface area contributed by atoms with Gasteiger partial charge in [0.1, 0.15) is 0 Å². The van der Waals surface area contributed by atoms with E-state index in [1.165, 1.54) is 4.31 Å². The highest BCUT2D eigenvalue weighted by molar-refractivity contribution is 7.89. The highest BCUT2D eigenvalue weighted by atomic mass is 32.2. The van der Waals surface area contributed by atoms with Crippen LogP contribution in [-0.2, 0) is 14.8 Å². The third-order valence-electron chi connectivity index (χ3n) is 3.47. The molecule has 1 aliphatic heterocycles.